The monoisotopic (exact) mass is 256 g/mol. The van der Waals surface area contributed by atoms with E-state index in [2.05, 4.69) is 0 Å². The van der Waals surface area contributed by atoms with E-state index in [9.17, 15) is 16.8 Å². The second-order valence-corrected chi connectivity index (χ2v) is 8.39. The van der Waals surface area contributed by atoms with Gasteiger partial charge in [0.05, 0.1) is 0 Å². The summed E-state index contributed by atoms with van der Waals surface area (Å²) in [6.45, 7) is 0.587. The molecule has 0 spiro atoms. The third-order valence-electron chi connectivity index (χ3n) is 2.18. The van der Waals surface area contributed by atoms with Crippen LogP contribution in [-0.2, 0) is 19.9 Å². The van der Waals surface area contributed by atoms with E-state index in [-0.39, 0.29) is 12.6 Å². The predicted molar refractivity (Wildman–Crippen MR) is 57.4 cm³/mol. The molecule has 0 radical (unpaired) electrons. The Balaban J connectivity index is 2.78. The highest BCUT2D eigenvalue weighted by molar-refractivity contribution is 8.06. The average molecular weight is 256 g/mol. The Morgan fingerprint density at radius 2 is 1.93 bits per heavy atom. The van der Waals surface area contributed by atoms with E-state index >= 15 is 0 Å². The normalized spacial score (nSPS) is 25.3. The van der Waals surface area contributed by atoms with Gasteiger partial charge in [0, 0.05) is 25.4 Å². The molecular weight excluding hydrogens is 240 g/mol. The van der Waals surface area contributed by atoms with Gasteiger partial charge in [0.1, 0.15) is 0 Å². The molecule has 0 aromatic rings. The molecule has 2 N–H and O–H groups in total. The first-order valence-corrected chi connectivity index (χ1v) is 8.29. The fraction of sp³-hybridized carbons (Fsp3) is 1.00. The molecule has 90 valence electrons. The van der Waals surface area contributed by atoms with Gasteiger partial charge in [-0.25, -0.2) is 16.8 Å². The highest BCUT2D eigenvalue weighted by Crippen LogP contribution is 2.13. The van der Waals surface area contributed by atoms with Gasteiger partial charge in [0.25, 0.3) is 0 Å². The van der Waals surface area contributed by atoms with Crippen LogP contribution in [0.4, 0.5) is 0 Å². The van der Waals surface area contributed by atoms with Crippen molar-refractivity contribution < 1.29 is 16.8 Å². The predicted octanol–water partition coefficient (Wildman–Crippen LogP) is -1.26. The van der Waals surface area contributed by atoms with E-state index in [4.69, 9.17) is 5.73 Å². The molecule has 1 rings (SSSR count). The lowest BCUT2D eigenvalue weighted by atomic mass is 10.1. The quantitative estimate of drug-likeness (QED) is 0.680. The number of rotatable bonds is 3. The van der Waals surface area contributed by atoms with E-state index in [1.54, 1.807) is 0 Å². The molecule has 15 heavy (non-hydrogen) atoms. The van der Waals surface area contributed by atoms with Crippen LogP contribution in [0.3, 0.4) is 0 Å². The van der Waals surface area contributed by atoms with Gasteiger partial charge in [0.2, 0.25) is 10.0 Å². The minimum Gasteiger partial charge on any atom is -0.327 e. The van der Waals surface area contributed by atoms with Crippen LogP contribution in [0.15, 0.2) is 0 Å². The van der Waals surface area contributed by atoms with Crippen molar-refractivity contribution in [1.29, 1.82) is 0 Å². The second kappa shape index (κ2) is 4.36. The molecule has 1 aliphatic heterocycles. The van der Waals surface area contributed by atoms with Crippen molar-refractivity contribution in [1.82, 2.24) is 4.31 Å². The smallest absolute Gasteiger partial charge is 0.228 e. The van der Waals surface area contributed by atoms with Crippen molar-refractivity contribution in [2.45, 2.75) is 18.9 Å². The van der Waals surface area contributed by atoms with E-state index in [0.29, 0.717) is 13.0 Å². The molecule has 1 saturated heterocycles. The highest BCUT2D eigenvalue weighted by Gasteiger charge is 2.29. The summed E-state index contributed by atoms with van der Waals surface area (Å²) < 4.78 is 46.3. The molecule has 0 saturated carbocycles. The fourth-order valence-electron chi connectivity index (χ4n) is 1.57. The summed E-state index contributed by atoms with van der Waals surface area (Å²) in [5, 5.41) is -0.827. The van der Waals surface area contributed by atoms with Gasteiger partial charge in [0.15, 0.2) is 14.9 Å². The summed E-state index contributed by atoms with van der Waals surface area (Å²) in [6, 6.07) is -0.187. The second-order valence-electron chi connectivity index (χ2n) is 3.92. The van der Waals surface area contributed by atoms with Crippen LogP contribution in [-0.4, -0.2) is 51.6 Å². The molecule has 8 heteroatoms. The number of nitrogens with zero attached hydrogens (tertiary/aromatic N) is 1. The minimum atomic E-state index is -3.71. The minimum absolute atomic E-state index is 0.187. The lowest BCUT2D eigenvalue weighted by Gasteiger charge is -2.29. The summed E-state index contributed by atoms with van der Waals surface area (Å²) >= 11 is 0. The first-order chi connectivity index (χ1) is 6.71. The van der Waals surface area contributed by atoms with Gasteiger partial charge in [-0.2, -0.15) is 4.31 Å². The fourth-order valence-corrected chi connectivity index (χ4v) is 5.16. The van der Waals surface area contributed by atoms with E-state index < -0.39 is 24.9 Å². The van der Waals surface area contributed by atoms with Crippen LogP contribution in [0.25, 0.3) is 0 Å². The van der Waals surface area contributed by atoms with Crippen LogP contribution < -0.4 is 5.73 Å². The lowest BCUT2D eigenvalue weighted by molar-refractivity contribution is 0.317. The topological polar surface area (TPSA) is 97.5 Å². The number of sulfonamides is 1. The number of hydrogen-bond acceptors (Lipinski definition) is 5. The standard InChI is InChI=1S/C7H16N2O4S2/c1-14(10,11)6-15(12,13)9-4-2-3-7(8)5-9/h7H,2-6,8H2,1H3/t7-/m1/s1. The molecule has 1 aliphatic rings. The summed E-state index contributed by atoms with van der Waals surface area (Å²) in [6.07, 6.45) is 2.38. The Labute approximate surface area is 90.4 Å². The zero-order chi connectivity index (χ0) is 11.7. The molecule has 0 aromatic heterocycles. The van der Waals surface area contributed by atoms with Crippen molar-refractivity contribution in [3.05, 3.63) is 0 Å². The number of nitrogens with two attached hydrogens (primary N) is 1. The van der Waals surface area contributed by atoms with Crippen molar-refractivity contribution in [3.8, 4) is 0 Å². The number of hydrogen-bond donors (Lipinski definition) is 1. The maximum Gasteiger partial charge on any atom is 0.228 e. The molecule has 1 fully saturated rings. The molecule has 1 atom stereocenters. The van der Waals surface area contributed by atoms with Crippen molar-refractivity contribution in [2.75, 3.05) is 24.4 Å². The third kappa shape index (κ3) is 4.06. The van der Waals surface area contributed by atoms with Crippen LogP contribution in [0.1, 0.15) is 12.8 Å². The van der Waals surface area contributed by atoms with Crippen LogP contribution in [0.2, 0.25) is 0 Å². The maximum absolute atomic E-state index is 11.6. The zero-order valence-corrected chi connectivity index (χ0v) is 10.2. The van der Waals surface area contributed by atoms with Gasteiger partial charge >= 0.3 is 0 Å². The Morgan fingerprint density at radius 3 is 2.40 bits per heavy atom. The Bertz CT molecular complexity index is 414. The summed E-state index contributed by atoms with van der Waals surface area (Å²) in [5.41, 5.74) is 5.63. The number of sulfone groups is 1. The van der Waals surface area contributed by atoms with Crippen LogP contribution in [0, 0.1) is 0 Å². The van der Waals surface area contributed by atoms with Crippen LogP contribution in [0.5, 0.6) is 0 Å². The largest absolute Gasteiger partial charge is 0.327 e. The highest BCUT2D eigenvalue weighted by atomic mass is 32.3. The summed E-state index contributed by atoms with van der Waals surface area (Å²) in [7, 11) is -7.23. The van der Waals surface area contributed by atoms with Gasteiger partial charge in [-0.15, -0.1) is 0 Å². The summed E-state index contributed by atoms with van der Waals surface area (Å²) in [5.74, 6) is 0. The van der Waals surface area contributed by atoms with Crippen molar-refractivity contribution in [2.24, 2.45) is 5.73 Å². The lowest BCUT2D eigenvalue weighted by Crippen LogP contribution is -2.47. The Hall–Kier alpha value is -0.180. The van der Waals surface area contributed by atoms with Gasteiger partial charge in [-0.05, 0) is 12.8 Å². The van der Waals surface area contributed by atoms with Gasteiger partial charge in [-0.3, -0.25) is 0 Å². The first kappa shape index (κ1) is 12.9. The molecule has 6 nitrogen and oxygen atoms in total. The van der Waals surface area contributed by atoms with Crippen molar-refractivity contribution in [3.63, 3.8) is 0 Å². The molecule has 0 aliphatic carbocycles. The average Bonchev–Trinajstić information content (AvgIpc) is 1.99. The SMILES string of the molecule is CS(=O)(=O)CS(=O)(=O)N1CCC[C@@H](N)C1. The zero-order valence-electron chi connectivity index (χ0n) is 8.59. The van der Waals surface area contributed by atoms with Gasteiger partial charge < -0.3 is 5.73 Å². The molecule has 0 amide bonds. The Morgan fingerprint density at radius 1 is 1.33 bits per heavy atom. The molecule has 0 aromatic carbocycles. The number of piperidine rings is 1. The Kier molecular flexibility index (Phi) is 3.75. The van der Waals surface area contributed by atoms with Gasteiger partial charge in [-0.1, -0.05) is 0 Å². The molecule has 0 bridgehead atoms. The summed E-state index contributed by atoms with van der Waals surface area (Å²) in [4.78, 5) is 0. The molecule has 0 unspecified atom stereocenters. The first-order valence-electron chi connectivity index (χ1n) is 4.62. The molecular formula is C7H16N2O4S2. The maximum atomic E-state index is 11.6. The van der Waals surface area contributed by atoms with Crippen molar-refractivity contribution >= 4 is 19.9 Å². The van der Waals surface area contributed by atoms with E-state index in [0.717, 1.165) is 12.7 Å². The third-order valence-corrected chi connectivity index (χ3v) is 6.20. The van der Waals surface area contributed by atoms with E-state index in [1.165, 1.54) is 4.31 Å². The van der Waals surface area contributed by atoms with Crippen LogP contribution >= 0.6 is 0 Å². The van der Waals surface area contributed by atoms with E-state index in [1.807, 2.05) is 0 Å². The molecule has 1 heterocycles.